The van der Waals surface area contributed by atoms with Crippen LogP contribution in [0, 0.1) is 6.92 Å². The number of benzene rings is 1. The lowest BCUT2D eigenvalue weighted by atomic mass is 10.1. The minimum atomic E-state index is -3.10. The van der Waals surface area contributed by atoms with Crippen LogP contribution in [0.5, 0.6) is 5.75 Å². The van der Waals surface area contributed by atoms with Crippen molar-refractivity contribution in [2.75, 3.05) is 12.8 Å². The Hall–Kier alpha value is -1.07. The number of para-hydroxylation sites is 1. The van der Waals surface area contributed by atoms with E-state index >= 15 is 0 Å². The van der Waals surface area contributed by atoms with Gasteiger partial charge >= 0.3 is 0 Å². The highest BCUT2D eigenvalue weighted by Gasteiger charge is 2.29. The summed E-state index contributed by atoms with van der Waals surface area (Å²) in [6.45, 7) is 6.00. The maximum Gasteiger partial charge on any atom is 0.153 e. The standard InChI is InChI=1S/C13H21NO3S/c1-10-6-5-7-11(12(10)15)8-14-9-13(2,3)18(4,16)17/h5-7,14-15H,8-9H2,1-4H3. The first-order chi connectivity index (χ1) is 8.15. The van der Waals surface area contributed by atoms with Crippen molar-refractivity contribution in [2.45, 2.75) is 32.1 Å². The van der Waals surface area contributed by atoms with Crippen LogP contribution in [-0.4, -0.2) is 31.1 Å². The normalized spacial score (nSPS) is 12.7. The zero-order valence-electron chi connectivity index (χ0n) is 11.3. The third kappa shape index (κ3) is 3.46. The number of hydrogen-bond donors (Lipinski definition) is 2. The molecular weight excluding hydrogens is 250 g/mol. The van der Waals surface area contributed by atoms with Crippen LogP contribution in [0.15, 0.2) is 18.2 Å². The van der Waals surface area contributed by atoms with E-state index in [1.54, 1.807) is 13.8 Å². The SMILES string of the molecule is Cc1cccc(CNCC(C)(C)S(C)(=O)=O)c1O. The molecule has 18 heavy (non-hydrogen) atoms. The molecule has 0 spiro atoms. The number of nitrogens with one attached hydrogen (secondary N) is 1. The van der Waals surface area contributed by atoms with Gasteiger partial charge in [0.2, 0.25) is 0 Å². The molecule has 2 N–H and O–H groups in total. The van der Waals surface area contributed by atoms with Crippen molar-refractivity contribution in [1.29, 1.82) is 0 Å². The maximum absolute atomic E-state index is 11.5. The molecule has 4 nitrogen and oxygen atoms in total. The van der Waals surface area contributed by atoms with Crippen LogP contribution in [0.4, 0.5) is 0 Å². The second-order valence-corrected chi connectivity index (χ2v) is 7.87. The van der Waals surface area contributed by atoms with Crippen molar-refractivity contribution in [1.82, 2.24) is 5.32 Å². The summed E-state index contributed by atoms with van der Waals surface area (Å²) >= 11 is 0. The Balaban J connectivity index is 2.66. The molecule has 0 amide bonds. The van der Waals surface area contributed by atoms with Crippen LogP contribution in [-0.2, 0) is 16.4 Å². The topological polar surface area (TPSA) is 66.4 Å². The Kier molecular flexibility index (Phi) is 4.40. The van der Waals surface area contributed by atoms with Gasteiger partial charge in [-0.2, -0.15) is 0 Å². The van der Waals surface area contributed by atoms with Crippen LogP contribution in [0.25, 0.3) is 0 Å². The smallest absolute Gasteiger partial charge is 0.153 e. The van der Waals surface area contributed by atoms with Gasteiger partial charge in [-0.05, 0) is 26.3 Å². The Morgan fingerprint density at radius 2 is 1.94 bits per heavy atom. The lowest BCUT2D eigenvalue weighted by Gasteiger charge is -2.23. The summed E-state index contributed by atoms with van der Waals surface area (Å²) in [4.78, 5) is 0. The predicted octanol–water partition coefficient (Wildman–Crippen LogP) is 1.61. The number of hydrogen-bond acceptors (Lipinski definition) is 4. The number of aryl methyl sites for hydroxylation is 1. The highest BCUT2D eigenvalue weighted by molar-refractivity contribution is 7.92. The second-order valence-electron chi connectivity index (χ2n) is 5.22. The summed E-state index contributed by atoms with van der Waals surface area (Å²) in [5, 5.41) is 12.9. The second kappa shape index (κ2) is 5.28. The maximum atomic E-state index is 11.5. The van der Waals surface area contributed by atoms with E-state index in [-0.39, 0.29) is 5.75 Å². The molecule has 1 rings (SSSR count). The number of rotatable bonds is 5. The molecule has 0 saturated heterocycles. The van der Waals surface area contributed by atoms with Gasteiger partial charge in [0.05, 0.1) is 4.75 Å². The average molecular weight is 271 g/mol. The largest absolute Gasteiger partial charge is 0.507 e. The molecule has 1 aromatic rings. The first kappa shape index (κ1) is 15.0. The van der Waals surface area contributed by atoms with Crippen molar-refractivity contribution in [3.63, 3.8) is 0 Å². The van der Waals surface area contributed by atoms with Gasteiger partial charge in [0, 0.05) is 24.9 Å². The number of aromatic hydroxyl groups is 1. The number of phenolic OH excluding ortho intramolecular Hbond substituents is 1. The lowest BCUT2D eigenvalue weighted by Crippen LogP contribution is -2.41. The molecule has 0 aliphatic rings. The third-order valence-corrected chi connectivity index (χ3v) is 5.34. The molecule has 0 fully saturated rings. The van der Waals surface area contributed by atoms with E-state index in [0.717, 1.165) is 11.1 Å². The fraction of sp³-hybridized carbons (Fsp3) is 0.538. The highest BCUT2D eigenvalue weighted by atomic mass is 32.2. The molecule has 102 valence electrons. The average Bonchev–Trinajstić information content (AvgIpc) is 2.22. The molecule has 0 aromatic heterocycles. The summed E-state index contributed by atoms with van der Waals surface area (Å²) in [6.07, 6.45) is 1.23. The summed E-state index contributed by atoms with van der Waals surface area (Å²) in [5.41, 5.74) is 1.59. The van der Waals surface area contributed by atoms with Crippen molar-refractivity contribution in [3.05, 3.63) is 29.3 Å². The third-order valence-electron chi connectivity index (χ3n) is 3.19. The molecular formula is C13H21NO3S. The molecule has 1 aromatic carbocycles. The van der Waals surface area contributed by atoms with Crippen LogP contribution < -0.4 is 5.32 Å². The van der Waals surface area contributed by atoms with Gasteiger partial charge in [0.25, 0.3) is 0 Å². The van der Waals surface area contributed by atoms with Crippen LogP contribution >= 0.6 is 0 Å². The molecule has 0 aliphatic heterocycles. The van der Waals surface area contributed by atoms with Crippen molar-refractivity contribution < 1.29 is 13.5 Å². The van der Waals surface area contributed by atoms with E-state index in [1.807, 2.05) is 25.1 Å². The van der Waals surface area contributed by atoms with Gasteiger partial charge in [-0.3, -0.25) is 0 Å². The first-order valence-electron chi connectivity index (χ1n) is 5.83. The Morgan fingerprint density at radius 3 is 2.50 bits per heavy atom. The Morgan fingerprint density at radius 1 is 1.33 bits per heavy atom. The summed E-state index contributed by atoms with van der Waals surface area (Å²) in [5.74, 6) is 0.266. The highest BCUT2D eigenvalue weighted by Crippen LogP contribution is 2.21. The molecule has 0 aliphatic carbocycles. The Labute approximate surface area is 109 Å². The van der Waals surface area contributed by atoms with E-state index in [1.165, 1.54) is 6.26 Å². The zero-order valence-corrected chi connectivity index (χ0v) is 12.1. The Bertz CT molecular complexity index is 521. The fourth-order valence-electron chi connectivity index (χ4n) is 1.49. The minimum absolute atomic E-state index is 0.266. The van der Waals surface area contributed by atoms with Gasteiger partial charge in [0.15, 0.2) is 9.84 Å². The van der Waals surface area contributed by atoms with E-state index in [2.05, 4.69) is 5.32 Å². The van der Waals surface area contributed by atoms with E-state index in [4.69, 9.17) is 0 Å². The van der Waals surface area contributed by atoms with Gasteiger partial charge < -0.3 is 10.4 Å². The molecule has 0 bridgehead atoms. The van der Waals surface area contributed by atoms with Gasteiger partial charge in [0.1, 0.15) is 5.75 Å². The van der Waals surface area contributed by atoms with Crippen LogP contribution in [0.2, 0.25) is 0 Å². The fourth-order valence-corrected chi connectivity index (χ4v) is 1.86. The molecule has 0 heterocycles. The zero-order chi connectivity index (χ0) is 14.0. The molecule has 0 unspecified atom stereocenters. The molecule has 0 atom stereocenters. The molecule has 0 radical (unpaired) electrons. The number of sulfone groups is 1. The minimum Gasteiger partial charge on any atom is -0.507 e. The van der Waals surface area contributed by atoms with Crippen molar-refractivity contribution in [2.24, 2.45) is 0 Å². The summed E-state index contributed by atoms with van der Waals surface area (Å²) < 4.78 is 22.2. The van der Waals surface area contributed by atoms with Crippen molar-refractivity contribution >= 4 is 9.84 Å². The van der Waals surface area contributed by atoms with Crippen molar-refractivity contribution in [3.8, 4) is 5.75 Å². The van der Waals surface area contributed by atoms with E-state index < -0.39 is 14.6 Å². The van der Waals surface area contributed by atoms with E-state index in [0.29, 0.717) is 13.1 Å². The summed E-state index contributed by atoms with van der Waals surface area (Å²) in [7, 11) is -3.10. The summed E-state index contributed by atoms with van der Waals surface area (Å²) in [6, 6.07) is 5.52. The number of phenols is 1. The molecule has 0 saturated carbocycles. The lowest BCUT2D eigenvalue weighted by molar-refractivity contribution is 0.457. The quantitative estimate of drug-likeness (QED) is 0.854. The predicted molar refractivity (Wildman–Crippen MR) is 73.5 cm³/mol. The van der Waals surface area contributed by atoms with Crippen LogP contribution in [0.3, 0.4) is 0 Å². The monoisotopic (exact) mass is 271 g/mol. The van der Waals surface area contributed by atoms with Gasteiger partial charge in [-0.1, -0.05) is 18.2 Å². The van der Waals surface area contributed by atoms with E-state index in [9.17, 15) is 13.5 Å². The first-order valence-corrected chi connectivity index (χ1v) is 7.72. The molecule has 5 heteroatoms. The van der Waals surface area contributed by atoms with Crippen LogP contribution in [0.1, 0.15) is 25.0 Å². The van der Waals surface area contributed by atoms with Gasteiger partial charge in [-0.25, -0.2) is 8.42 Å². The van der Waals surface area contributed by atoms with Gasteiger partial charge in [-0.15, -0.1) is 0 Å².